The van der Waals surface area contributed by atoms with Crippen molar-refractivity contribution in [3.63, 3.8) is 0 Å². The Morgan fingerprint density at radius 1 is 1.03 bits per heavy atom. The van der Waals surface area contributed by atoms with Crippen molar-refractivity contribution < 1.29 is 14.3 Å². The number of hydrogen-bond acceptors (Lipinski definition) is 3. The van der Waals surface area contributed by atoms with Crippen LogP contribution >= 0.6 is 0 Å². The van der Waals surface area contributed by atoms with Crippen LogP contribution in [0.5, 0.6) is 5.75 Å². The smallest absolute Gasteiger partial charge is 0.321 e. The van der Waals surface area contributed by atoms with Crippen molar-refractivity contribution in [3.05, 3.63) is 83.2 Å². The highest BCUT2D eigenvalue weighted by atomic mass is 16.5. The van der Waals surface area contributed by atoms with Crippen LogP contribution in [0.25, 0.3) is 0 Å². The molecule has 0 saturated carbocycles. The van der Waals surface area contributed by atoms with Gasteiger partial charge in [-0.3, -0.25) is 9.69 Å². The lowest BCUT2D eigenvalue weighted by molar-refractivity contribution is 0.0921. The van der Waals surface area contributed by atoms with E-state index < -0.39 is 0 Å². The number of urea groups is 1. The van der Waals surface area contributed by atoms with E-state index in [1.54, 1.807) is 31.3 Å². The van der Waals surface area contributed by atoms with Crippen molar-refractivity contribution in [2.45, 2.75) is 40.3 Å². The lowest BCUT2D eigenvalue weighted by Gasteiger charge is -2.20. The molecule has 2 amide bonds. The predicted molar refractivity (Wildman–Crippen MR) is 128 cm³/mol. The molecule has 0 saturated heterocycles. The number of aryl methyl sites for hydroxylation is 1. The van der Waals surface area contributed by atoms with Gasteiger partial charge in [0.2, 0.25) is 5.78 Å². The normalized spacial score (nSPS) is 10.8. The lowest BCUT2D eigenvalue weighted by Crippen LogP contribution is -2.40. The van der Waals surface area contributed by atoms with Crippen LogP contribution in [0.4, 0.5) is 10.5 Å². The summed E-state index contributed by atoms with van der Waals surface area (Å²) in [6.45, 7) is 8.50. The molecule has 0 aliphatic carbocycles. The first-order chi connectivity index (χ1) is 15.3. The molecular weight excluding hydrogens is 402 g/mol. The molecule has 3 rings (SSSR count). The summed E-state index contributed by atoms with van der Waals surface area (Å²) in [5.41, 5.74) is 4.60. The number of hydrogen-bond donors (Lipinski definition) is 1. The highest BCUT2D eigenvalue weighted by Crippen LogP contribution is 2.21. The number of ether oxygens (including phenoxy) is 1. The average Bonchev–Trinajstić information content (AvgIpc) is 3.06. The van der Waals surface area contributed by atoms with Gasteiger partial charge in [0.25, 0.3) is 0 Å². The second kappa shape index (κ2) is 10.2. The van der Waals surface area contributed by atoms with Gasteiger partial charge in [0.05, 0.1) is 0 Å². The first-order valence-electron chi connectivity index (χ1n) is 10.8. The molecule has 2 aromatic carbocycles. The van der Waals surface area contributed by atoms with E-state index in [1.165, 1.54) is 10.5 Å². The molecule has 6 nitrogen and oxygen atoms in total. The maximum Gasteiger partial charge on any atom is 0.321 e. The van der Waals surface area contributed by atoms with Gasteiger partial charge in [-0.2, -0.15) is 0 Å². The lowest BCUT2D eigenvalue weighted by atomic mass is 10.1. The van der Waals surface area contributed by atoms with E-state index in [9.17, 15) is 9.59 Å². The van der Waals surface area contributed by atoms with Gasteiger partial charge < -0.3 is 14.6 Å². The van der Waals surface area contributed by atoms with Crippen molar-refractivity contribution >= 4 is 17.5 Å². The summed E-state index contributed by atoms with van der Waals surface area (Å²) in [7, 11) is 1.71. The minimum absolute atomic E-state index is 0.0430. The van der Waals surface area contributed by atoms with Gasteiger partial charge >= 0.3 is 6.03 Å². The number of nitrogens with one attached hydrogen (secondary N) is 1. The third kappa shape index (κ3) is 5.58. The van der Waals surface area contributed by atoms with E-state index in [2.05, 4.69) is 22.0 Å². The molecule has 168 valence electrons. The van der Waals surface area contributed by atoms with E-state index in [0.29, 0.717) is 11.3 Å². The van der Waals surface area contributed by atoms with Crippen molar-refractivity contribution in [1.29, 1.82) is 0 Å². The molecular formula is C26H31N3O3. The number of nitrogens with zero attached hydrogens (tertiary/aromatic N) is 2. The Hall–Kier alpha value is -3.54. The zero-order chi connectivity index (χ0) is 23.3. The summed E-state index contributed by atoms with van der Waals surface area (Å²) in [6, 6.07) is 19.1. The van der Waals surface area contributed by atoms with E-state index in [-0.39, 0.29) is 24.5 Å². The van der Waals surface area contributed by atoms with Crippen LogP contribution in [-0.2, 0) is 6.54 Å². The second-order valence-corrected chi connectivity index (χ2v) is 8.23. The molecule has 6 heteroatoms. The van der Waals surface area contributed by atoms with Crippen molar-refractivity contribution in [2.24, 2.45) is 0 Å². The van der Waals surface area contributed by atoms with Gasteiger partial charge in [-0.15, -0.1) is 0 Å². The third-order valence-electron chi connectivity index (χ3n) is 5.37. The number of ketones is 1. The molecule has 0 aliphatic rings. The molecule has 0 bridgehead atoms. The molecule has 0 spiro atoms. The van der Waals surface area contributed by atoms with Crippen LogP contribution in [0, 0.1) is 13.8 Å². The Kier molecular flexibility index (Phi) is 7.36. The number of aromatic nitrogens is 1. The fourth-order valence-electron chi connectivity index (χ4n) is 3.55. The third-order valence-corrected chi connectivity index (χ3v) is 5.37. The zero-order valence-electron chi connectivity index (χ0n) is 19.4. The van der Waals surface area contributed by atoms with Crippen LogP contribution in [0.1, 0.15) is 41.2 Å². The first kappa shape index (κ1) is 23.1. The van der Waals surface area contributed by atoms with Crippen LogP contribution in [0.2, 0.25) is 0 Å². The maximum atomic E-state index is 12.8. The number of anilines is 1. The van der Waals surface area contributed by atoms with Crippen LogP contribution in [0.3, 0.4) is 0 Å². The van der Waals surface area contributed by atoms with E-state index in [4.69, 9.17) is 4.74 Å². The summed E-state index contributed by atoms with van der Waals surface area (Å²) in [5, 5.41) is 2.85. The fraction of sp³-hybridized carbons (Fsp3) is 0.308. The molecule has 1 N–H and O–H groups in total. The minimum Gasteiger partial charge on any atom is -0.485 e. The van der Waals surface area contributed by atoms with Gasteiger partial charge in [-0.05, 0) is 63.6 Å². The molecule has 0 unspecified atom stereocenters. The van der Waals surface area contributed by atoms with Crippen molar-refractivity contribution in [3.8, 4) is 5.75 Å². The highest BCUT2D eigenvalue weighted by molar-refractivity contribution is 5.98. The average molecular weight is 434 g/mol. The van der Waals surface area contributed by atoms with E-state index in [0.717, 1.165) is 23.6 Å². The summed E-state index contributed by atoms with van der Waals surface area (Å²) >= 11 is 0. The largest absolute Gasteiger partial charge is 0.485 e. The van der Waals surface area contributed by atoms with Gasteiger partial charge in [0.15, 0.2) is 6.61 Å². The summed E-state index contributed by atoms with van der Waals surface area (Å²) in [5.74, 6) is 0.521. The van der Waals surface area contributed by atoms with Crippen molar-refractivity contribution in [2.75, 3.05) is 18.6 Å². The first-order valence-corrected chi connectivity index (χ1v) is 10.8. The minimum atomic E-state index is -0.172. The quantitative estimate of drug-likeness (QED) is 0.510. The van der Waals surface area contributed by atoms with E-state index >= 15 is 0 Å². The number of carbonyl (C=O) groups excluding carboxylic acids is 2. The Labute approximate surface area is 189 Å². The number of amides is 2. The van der Waals surface area contributed by atoms with Crippen molar-refractivity contribution in [1.82, 2.24) is 9.88 Å². The molecule has 0 aliphatic heterocycles. The summed E-state index contributed by atoms with van der Waals surface area (Å²) in [6.07, 6.45) is 0. The molecule has 0 fully saturated rings. The zero-order valence-corrected chi connectivity index (χ0v) is 19.4. The second-order valence-electron chi connectivity index (χ2n) is 8.23. The molecule has 32 heavy (non-hydrogen) atoms. The van der Waals surface area contributed by atoms with Crippen LogP contribution in [-0.4, -0.2) is 36.1 Å². The summed E-state index contributed by atoms with van der Waals surface area (Å²) < 4.78 is 7.87. The topological polar surface area (TPSA) is 63.6 Å². The fourth-order valence-corrected chi connectivity index (χ4v) is 3.55. The number of Topliss-reactive ketones (excluding diaryl/α,β-unsaturated/α-hetero) is 1. The van der Waals surface area contributed by atoms with Crippen LogP contribution < -0.4 is 15.0 Å². The molecule has 1 aromatic heterocycles. The van der Waals surface area contributed by atoms with Gasteiger partial charge in [0, 0.05) is 42.3 Å². The molecule has 0 atom stereocenters. The maximum absolute atomic E-state index is 12.8. The summed E-state index contributed by atoms with van der Waals surface area (Å²) in [4.78, 5) is 26.5. The van der Waals surface area contributed by atoms with Crippen LogP contribution in [0.15, 0.2) is 60.7 Å². The Morgan fingerprint density at radius 2 is 1.69 bits per heavy atom. The number of carbonyl (C=O) groups is 2. The Balaban J connectivity index is 1.62. The molecule has 3 aromatic rings. The van der Waals surface area contributed by atoms with E-state index in [1.807, 2.05) is 52.0 Å². The van der Waals surface area contributed by atoms with Gasteiger partial charge in [-0.25, -0.2) is 4.79 Å². The highest BCUT2D eigenvalue weighted by Gasteiger charge is 2.17. The SMILES string of the molecule is Cc1cc(C(=O)COc2ccc(N(C)C(=O)NC(C)C)cc2)c(C)n1Cc1ccccc1. The standard InChI is InChI=1S/C26H31N3O3/c1-18(2)27-26(31)28(5)22-11-13-23(14-12-22)32-17-25(30)24-15-19(3)29(20(24)4)16-21-9-7-6-8-10-21/h6-15,18H,16-17H2,1-5H3,(H,27,31). The number of benzene rings is 2. The molecule has 1 heterocycles. The predicted octanol–water partition coefficient (Wildman–Crippen LogP) is 4.97. The molecule has 0 radical (unpaired) electrons. The Bertz CT molecular complexity index is 1070. The van der Waals surface area contributed by atoms with Gasteiger partial charge in [0.1, 0.15) is 5.75 Å². The number of rotatable bonds is 8. The monoisotopic (exact) mass is 433 g/mol. The van der Waals surface area contributed by atoms with Gasteiger partial charge in [-0.1, -0.05) is 30.3 Å². The Morgan fingerprint density at radius 3 is 2.31 bits per heavy atom.